The second kappa shape index (κ2) is 8.29. The van der Waals surface area contributed by atoms with Crippen molar-refractivity contribution >= 4 is 11.8 Å². The van der Waals surface area contributed by atoms with Crippen molar-refractivity contribution in [3.63, 3.8) is 0 Å². The Morgan fingerprint density at radius 1 is 1.17 bits per heavy atom. The lowest BCUT2D eigenvalue weighted by Crippen LogP contribution is -2.39. The Morgan fingerprint density at radius 2 is 1.71 bits per heavy atom. The topological polar surface area (TPSA) is 69.6 Å². The summed E-state index contributed by atoms with van der Waals surface area (Å²) in [5.74, 6) is -0.154. The fourth-order valence-electron chi connectivity index (χ4n) is 2.15. The van der Waals surface area contributed by atoms with Crippen molar-refractivity contribution in [3.05, 3.63) is 35.4 Å². The van der Waals surface area contributed by atoms with Crippen LogP contribution in [0.2, 0.25) is 0 Å². The lowest BCUT2D eigenvalue weighted by Gasteiger charge is -2.25. The smallest absolute Gasteiger partial charge is 0.251 e. The first-order chi connectivity index (χ1) is 11.0. The zero-order chi connectivity index (χ0) is 18.5. The number of aliphatic hydroxyl groups excluding tert-OH is 1. The van der Waals surface area contributed by atoms with Crippen LogP contribution in [-0.2, 0) is 11.3 Å². The maximum atomic E-state index is 12.1. The molecule has 0 aromatic heterocycles. The molecule has 0 spiro atoms. The standard InChI is InChI=1S/C19H30N2O3/c1-13(2)18(24)21(6)12-14-7-9-15(10-8-14)17(23)20-11-16(22)19(3,4)5/h7-10,13,16,22H,11-12H2,1-6H3,(H,20,23). The Kier molecular flexibility index (Phi) is 6.96. The molecule has 134 valence electrons. The van der Waals surface area contributed by atoms with Crippen LogP contribution in [0.3, 0.4) is 0 Å². The molecule has 0 bridgehead atoms. The van der Waals surface area contributed by atoms with Gasteiger partial charge >= 0.3 is 0 Å². The lowest BCUT2D eigenvalue weighted by atomic mass is 9.89. The highest BCUT2D eigenvalue weighted by molar-refractivity contribution is 5.94. The second-order valence-electron chi connectivity index (χ2n) is 7.64. The van der Waals surface area contributed by atoms with Gasteiger partial charge < -0.3 is 15.3 Å². The molecule has 1 aromatic carbocycles. The highest BCUT2D eigenvalue weighted by Crippen LogP contribution is 2.18. The summed E-state index contributed by atoms with van der Waals surface area (Å²) in [6, 6.07) is 7.17. The summed E-state index contributed by atoms with van der Waals surface area (Å²) in [5.41, 5.74) is 1.24. The molecule has 0 heterocycles. The van der Waals surface area contributed by atoms with Gasteiger partial charge in [0.25, 0.3) is 5.91 Å². The Hall–Kier alpha value is -1.88. The number of nitrogens with zero attached hydrogens (tertiary/aromatic N) is 1. The number of carbonyl (C=O) groups excluding carboxylic acids is 2. The van der Waals surface area contributed by atoms with Crippen molar-refractivity contribution in [2.75, 3.05) is 13.6 Å². The number of hydrogen-bond acceptors (Lipinski definition) is 3. The molecule has 0 aliphatic heterocycles. The van der Waals surface area contributed by atoms with E-state index in [1.54, 1.807) is 24.1 Å². The fourth-order valence-corrected chi connectivity index (χ4v) is 2.15. The van der Waals surface area contributed by atoms with Gasteiger partial charge in [-0.2, -0.15) is 0 Å². The van der Waals surface area contributed by atoms with E-state index in [1.807, 2.05) is 46.8 Å². The van der Waals surface area contributed by atoms with Gasteiger partial charge in [0.1, 0.15) is 0 Å². The van der Waals surface area contributed by atoms with Crippen LogP contribution < -0.4 is 5.32 Å². The van der Waals surface area contributed by atoms with Gasteiger partial charge in [-0.3, -0.25) is 9.59 Å². The normalized spacial score (nSPS) is 12.8. The number of rotatable bonds is 6. The largest absolute Gasteiger partial charge is 0.391 e. The molecule has 1 unspecified atom stereocenters. The highest BCUT2D eigenvalue weighted by atomic mass is 16.3. The van der Waals surface area contributed by atoms with Gasteiger partial charge in [0, 0.05) is 31.6 Å². The van der Waals surface area contributed by atoms with E-state index < -0.39 is 6.10 Å². The second-order valence-corrected chi connectivity index (χ2v) is 7.64. The molecular formula is C19H30N2O3. The SMILES string of the molecule is CC(C)C(=O)N(C)Cc1ccc(C(=O)NCC(O)C(C)(C)C)cc1. The first-order valence-corrected chi connectivity index (χ1v) is 8.32. The van der Waals surface area contributed by atoms with Gasteiger partial charge in [-0.1, -0.05) is 46.8 Å². The summed E-state index contributed by atoms with van der Waals surface area (Å²) < 4.78 is 0. The molecule has 0 saturated heterocycles. The third-order valence-electron chi connectivity index (χ3n) is 3.96. The predicted octanol–water partition coefficient (Wildman–Crippen LogP) is 2.44. The Bertz CT molecular complexity index is 559. The summed E-state index contributed by atoms with van der Waals surface area (Å²) in [6.45, 7) is 10.3. The van der Waals surface area contributed by atoms with Crippen LogP contribution in [0.25, 0.3) is 0 Å². The maximum Gasteiger partial charge on any atom is 0.251 e. The van der Waals surface area contributed by atoms with E-state index in [-0.39, 0.29) is 29.7 Å². The van der Waals surface area contributed by atoms with Crippen molar-refractivity contribution in [1.29, 1.82) is 0 Å². The van der Waals surface area contributed by atoms with E-state index in [0.717, 1.165) is 5.56 Å². The van der Waals surface area contributed by atoms with E-state index in [2.05, 4.69) is 5.32 Å². The van der Waals surface area contributed by atoms with Crippen LogP contribution in [0.5, 0.6) is 0 Å². The average Bonchev–Trinajstić information content (AvgIpc) is 2.50. The van der Waals surface area contributed by atoms with Gasteiger partial charge in [0.05, 0.1) is 6.10 Å². The minimum absolute atomic E-state index is 0.0331. The number of hydrogen-bond donors (Lipinski definition) is 2. The van der Waals surface area contributed by atoms with E-state index in [1.165, 1.54) is 0 Å². The zero-order valence-electron chi connectivity index (χ0n) is 15.6. The number of benzene rings is 1. The van der Waals surface area contributed by atoms with E-state index in [4.69, 9.17) is 0 Å². The molecule has 1 rings (SSSR count). The summed E-state index contributed by atoms with van der Waals surface area (Å²) in [6.07, 6.45) is -0.601. The quantitative estimate of drug-likeness (QED) is 0.839. The van der Waals surface area contributed by atoms with E-state index >= 15 is 0 Å². The molecule has 5 nitrogen and oxygen atoms in total. The highest BCUT2D eigenvalue weighted by Gasteiger charge is 2.22. The van der Waals surface area contributed by atoms with Crippen LogP contribution in [0.1, 0.15) is 50.5 Å². The van der Waals surface area contributed by atoms with Crippen LogP contribution >= 0.6 is 0 Å². The minimum Gasteiger partial charge on any atom is -0.391 e. The van der Waals surface area contributed by atoms with Crippen molar-refractivity contribution in [3.8, 4) is 0 Å². The molecule has 0 aliphatic rings. The monoisotopic (exact) mass is 334 g/mol. The Morgan fingerprint density at radius 3 is 2.17 bits per heavy atom. The van der Waals surface area contributed by atoms with Crippen LogP contribution in [0, 0.1) is 11.3 Å². The molecular weight excluding hydrogens is 304 g/mol. The molecule has 2 amide bonds. The van der Waals surface area contributed by atoms with Crippen molar-refractivity contribution in [1.82, 2.24) is 10.2 Å². The molecule has 2 N–H and O–H groups in total. The van der Waals surface area contributed by atoms with Crippen LogP contribution in [-0.4, -0.2) is 41.5 Å². The molecule has 24 heavy (non-hydrogen) atoms. The van der Waals surface area contributed by atoms with Gasteiger partial charge in [-0.05, 0) is 23.1 Å². The summed E-state index contributed by atoms with van der Waals surface area (Å²) in [4.78, 5) is 25.7. The zero-order valence-corrected chi connectivity index (χ0v) is 15.6. The number of aliphatic hydroxyl groups is 1. The number of nitrogens with one attached hydrogen (secondary N) is 1. The van der Waals surface area contributed by atoms with Crippen LogP contribution in [0.15, 0.2) is 24.3 Å². The molecule has 1 aromatic rings. The molecule has 5 heteroatoms. The Balaban J connectivity index is 2.61. The number of amides is 2. The van der Waals surface area contributed by atoms with E-state index in [0.29, 0.717) is 12.1 Å². The first-order valence-electron chi connectivity index (χ1n) is 8.32. The minimum atomic E-state index is -0.601. The maximum absolute atomic E-state index is 12.1. The van der Waals surface area contributed by atoms with Crippen molar-refractivity contribution < 1.29 is 14.7 Å². The molecule has 0 radical (unpaired) electrons. The summed E-state index contributed by atoms with van der Waals surface area (Å²) in [5, 5.41) is 12.7. The van der Waals surface area contributed by atoms with Gasteiger partial charge in [0.15, 0.2) is 0 Å². The third kappa shape index (κ3) is 5.96. The average molecular weight is 334 g/mol. The van der Waals surface area contributed by atoms with Crippen molar-refractivity contribution in [2.45, 2.75) is 47.3 Å². The molecule has 0 saturated carbocycles. The molecule has 0 aliphatic carbocycles. The predicted molar refractivity (Wildman–Crippen MR) is 95.5 cm³/mol. The van der Waals surface area contributed by atoms with Crippen LogP contribution in [0.4, 0.5) is 0 Å². The molecule has 1 atom stereocenters. The van der Waals surface area contributed by atoms with Crippen molar-refractivity contribution in [2.24, 2.45) is 11.3 Å². The number of carbonyl (C=O) groups is 2. The van der Waals surface area contributed by atoms with Gasteiger partial charge in [-0.15, -0.1) is 0 Å². The van der Waals surface area contributed by atoms with E-state index in [9.17, 15) is 14.7 Å². The summed E-state index contributed by atoms with van der Waals surface area (Å²) >= 11 is 0. The third-order valence-corrected chi connectivity index (χ3v) is 3.96. The fraction of sp³-hybridized carbons (Fsp3) is 0.579. The first kappa shape index (κ1) is 20.2. The molecule has 0 fully saturated rings. The lowest BCUT2D eigenvalue weighted by molar-refractivity contribution is -0.133. The Labute approximate surface area is 145 Å². The van der Waals surface area contributed by atoms with Gasteiger partial charge in [0.2, 0.25) is 5.91 Å². The van der Waals surface area contributed by atoms with Gasteiger partial charge in [-0.25, -0.2) is 0 Å². The summed E-state index contributed by atoms with van der Waals surface area (Å²) in [7, 11) is 1.77.